The molecule has 2 aromatic carbocycles. The maximum Gasteiger partial charge on any atom is 0.255 e. The lowest BCUT2D eigenvalue weighted by Crippen LogP contribution is -2.34. The molecule has 180 valence electrons. The molecule has 1 aliphatic rings. The predicted molar refractivity (Wildman–Crippen MR) is 133 cm³/mol. The van der Waals surface area contributed by atoms with E-state index in [4.69, 9.17) is 9.47 Å². The molecule has 0 aliphatic carbocycles. The van der Waals surface area contributed by atoms with E-state index in [1.54, 1.807) is 26.0 Å². The van der Waals surface area contributed by atoms with E-state index in [0.717, 1.165) is 52.9 Å². The molecule has 2 heterocycles. The van der Waals surface area contributed by atoms with Gasteiger partial charge in [-0.15, -0.1) is 0 Å². The van der Waals surface area contributed by atoms with E-state index >= 15 is 0 Å². The Morgan fingerprint density at radius 2 is 2.03 bits per heavy atom. The number of ether oxygens (including phenoxy) is 2. The highest BCUT2D eigenvalue weighted by Crippen LogP contribution is 2.25. The average Bonchev–Trinajstić information content (AvgIpc) is 3.33. The fraction of sp³-hybridized carbons (Fsp3) is 0.407. The van der Waals surface area contributed by atoms with Gasteiger partial charge in [0, 0.05) is 42.5 Å². The number of pyridine rings is 1. The second-order valence-electron chi connectivity index (χ2n) is 9.49. The van der Waals surface area contributed by atoms with Gasteiger partial charge in [0.05, 0.1) is 17.2 Å². The van der Waals surface area contributed by atoms with Crippen molar-refractivity contribution < 1.29 is 19.4 Å². The zero-order valence-corrected chi connectivity index (χ0v) is 20.1. The second-order valence-corrected chi connectivity index (χ2v) is 9.49. The minimum Gasteiger partial charge on any atom is -0.491 e. The Kier molecular flexibility index (Phi) is 7.46. The molecule has 0 spiro atoms. The Bertz CT molecular complexity index is 1130. The molecule has 0 saturated carbocycles. The molecule has 7 heteroatoms. The molecular weight excluding hydrogens is 430 g/mol. The van der Waals surface area contributed by atoms with Crippen molar-refractivity contribution in [2.75, 3.05) is 25.1 Å². The maximum absolute atomic E-state index is 12.8. The lowest BCUT2D eigenvalue weighted by molar-refractivity contribution is 0.0679. The Labute approximate surface area is 200 Å². The number of aliphatic hydroxyl groups is 1. The third-order valence-corrected chi connectivity index (χ3v) is 5.87. The van der Waals surface area contributed by atoms with E-state index in [0.29, 0.717) is 25.3 Å². The van der Waals surface area contributed by atoms with E-state index in [1.807, 2.05) is 37.4 Å². The minimum absolute atomic E-state index is 0.160. The number of nitrogens with zero attached hydrogens (tertiary/aromatic N) is 1. The van der Waals surface area contributed by atoms with Gasteiger partial charge in [-0.1, -0.05) is 6.07 Å². The number of amides is 1. The normalized spacial score (nSPS) is 16.1. The number of aryl methyl sites for hydroxylation is 1. The van der Waals surface area contributed by atoms with Crippen LogP contribution >= 0.6 is 0 Å². The molecule has 1 unspecified atom stereocenters. The highest BCUT2D eigenvalue weighted by molar-refractivity contribution is 6.06. The van der Waals surface area contributed by atoms with Gasteiger partial charge in [0.2, 0.25) is 0 Å². The Hall–Kier alpha value is -3.00. The van der Waals surface area contributed by atoms with Crippen LogP contribution in [0.2, 0.25) is 0 Å². The Morgan fingerprint density at radius 1 is 1.24 bits per heavy atom. The zero-order valence-electron chi connectivity index (χ0n) is 20.1. The van der Waals surface area contributed by atoms with Crippen LogP contribution in [0.25, 0.3) is 10.9 Å². The predicted octanol–water partition coefficient (Wildman–Crippen LogP) is 4.21. The van der Waals surface area contributed by atoms with Crippen molar-refractivity contribution in [3.05, 3.63) is 65.4 Å². The van der Waals surface area contributed by atoms with Crippen molar-refractivity contribution in [2.24, 2.45) is 0 Å². The summed E-state index contributed by atoms with van der Waals surface area (Å²) in [7, 11) is 0. The summed E-state index contributed by atoms with van der Waals surface area (Å²) in [6.07, 6.45) is 4.10. The average molecular weight is 464 g/mol. The van der Waals surface area contributed by atoms with Crippen LogP contribution in [0.1, 0.15) is 48.2 Å². The molecule has 0 bridgehead atoms. The summed E-state index contributed by atoms with van der Waals surface area (Å²) in [5.74, 6) is 0.548. The maximum atomic E-state index is 12.8. The first kappa shape index (κ1) is 24.1. The first-order valence-corrected chi connectivity index (χ1v) is 11.8. The van der Waals surface area contributed by atoms with Gasteiger partial charge in [-0.3, -0.25) is 9.78 Å². The highest BCUT2D eigenvalue weighted by Gasteiger charge is 2.16. The molecule has 1 atom stereocenters. The van der Waals surface area contributed by atoms with Gasteiger partial charge in [-0.2, -0.15) is 0 Å². The van der Waals surface area contributed by atoms with Crippen molar-refractivity contribution in [2.45, 2.75) is 51.9 Å². The van der Waals surface area contributed by atoms with Crippen molar-refractivity contribution in [3.63, 3.8) is 0 Å². The van der Waals surface area contributed by atoms with Crippen LogP contribution in [-0.2, 0) is 11.3 Å². The van der Waals surface area contributed by atoms with Gasteiger partial charge in [0.1, 0.15) is 12.4 Å². The van der Waals surface area contributed by atoms with Crippen LogP contribution in [-0.4, -0.2) is 47.5 Å². The van der Waals surface area contributed by atoms with Crippen molar-refractivity contribution in [1.82, 2.24) is 10.3 Å². The Balaban J connectivity index is 1.38. The van der Waals surface area contributed by atoms with Crippen LogP contribution in [0, 0.1) is 6.92 Å². The topological polar surface area (TPSA) is 92.7 Å². The van der Waals surface area contributed by atoms with Gasteiger partial charge >= 0.3 is 0 Å². The first-order chi connectivity index (χ1) is 16.3. The number of carbonyl (C=O) groups is 1. The van der Waals surface area contributed by atoms with Crippen molar-refractivity contribution >= 4 is 22.5 Å². The molecule has 0 radical (unpaired) electrons. The van der Waals surface area contributed by atoms with E-state index in [-0.39, 0.29) is 12.0 Å². The number of carbonyl (C=O) groups excluding carboxylic acids is 1. The number of fused-ring (bicyclic) bond motifs is 1. The largest absolute Gasteiger partial charge is 0.491 e. The number of nitrogens with one attached hydrogen (secondary N) is 2. The number of benzene rings is 2. The number of hydrogen-bond acceptors (Lipinski definition) is 6. The van der Waals surface area contributed by atoms with Crippen LogP contribution in [0.3, 0.4) is 0 Å². The molecule has 1 fully saturated rings. The summed E-state index contributed by atoms with van der Waals surface area (Å²) >= 11 is 0. The molecule has 3 aromatic rings. The first-order valence-electron chi connectivity index (χ1n) is 11.8. The van der Waals surface area contributed by atoms with Crippen LogP contribution in [0.4, 0.5) is 5.69 Å². The van der Waals surface area contributed by atoms with Gasteiger partial charge in [-0.05, 0) is 81.1 Å². The van der Waals surface area contributed by atoms with Gasteiger partial charge in [0.25, 0.3) is 5.91 Å². The van der Waals surface area contributed by atoms with E-state index in [1.165, 1.54) is 0 Å². The van der Waals surface area contributed by atoms with E-state index in [9.17, 15) is 9.90 Å². The molecule has 4 rings (SSSR count). The molecule has 3 N–H and O–H groups in total. The van der Waals surface area contributed by atoms with Crippen LogP contribution in [0.15, 0.2) is 48.7 Å². The van der Waals surface area contributed by atoms with E-state index in [2.05, 4.69) is 21.7 Å². The minimum atomic E-state index is -0.758. The molecule has 1 amide bonds. The summed E-state index contributed by atoms with van der Waals surface area (Å²) in [5, 5.41) is 17.1. The summed E-state index contributed by atoms with van der Waals surface area (Å²) in [4.78, 5) is 17.4. The van der Waals surface area contributed by atoms with Crippen LogP contribution < -0.4 is 15.4 Å². The highest BCUT2D eigenvalue weighted by atomic mass is 16.5. The summed E-state index contributed by atoms with van der Waals surface area (Å²) in [6.45, 7) is 7.96. The number of hydrogen-bond donors (Lipinski definition) is 3. The number of aromatic nitrogens is 1. The van der Waals surface area contributed by atoms with Gasteiger partial charge < -0.3 is 25.2 Å². The second kappa shape index (κ2) is 10.5. The third kappa shape index (κ3) is 6.32. The quantitative estimate of drug-likeness (QED) is 0.440. The number of anilines is 1. The van der Waals surface area contributed by atoms with Gasteiger partial charge in [-0.25, -0.2) is 0 Å². The SMILES string of the molecule is Cc1c(NC(=O)c2ccc(OCC3CCCO3)cc2)ccc2cc(CNCC(C)(C)O)cnc12. The summed E-state index contributed by atoms with van der Waals surface area (Å²) < 4.78 is 11.4. The lowest BCUT2D eigenvalue weighted by Gasteiger charge is -2.17. The van der Waals surface area contributed by atoms with E-state index < -0.39 is 5.60 Å². The standard InChI is InChI=1S/C27H33N3O4/c1-18-24(11-8-21-13-19(15-29-25(18)21)14-28-17-27(2,3)32)30-26(31)20-6-9-22(10-7-20)34-16-23-5-4-12-33-23/h6-11,13,15,23,28,32H,4-5,12,14,16-17H2,1-3H3,(H,30,31). The fourth-order valence-corrected chi connectivity index (χ4v) is 4.00. The Morgan fingerprint density at radius 3 is 2.74 bits per heavy atom. The molecular formula is C27H33N3O4. The molecule has 7 nitrogen and oxygen atoms in total. The summed E-state index contributed by atoms with van der Waals surface area (Å²) in [5.41, 5.74) is 3.34. The fourth-order valence-electron chi connectivity index (χ4n) is 4.00. The monoisotopic (exact) mass is 463 g/mol. The number of rotatable bonds is 9. The van der Waals surface area contributed by atoms with Gasteiger partial charge in [0.15, 0.2) is 0 Å². The molecule has 1 saturated heterocycles. The lowest BCUT2D eigenvalue weighted by atomic mass is 10.1. The molecule has 1 aromatic heterocycles. The molecule has 1 aliphatic heterocycles. The smallest absolute Gasteiger partial charge is 0.255 e. The zero-order chi connectivity index (χ0) is 24.1. The third-order valence-electron chi connectivity index (χ3n) is 5.87. The van der Waals surface area contributed by atoms with Crippen LogP contribution in [0.5, 0.6) is 5.75 Å². The molecule has 34 heavy (non-hydrogen) atoms. The van der Waals surface area contributed by atoms with Crippen molar-refractivity contribution in [3.8, 4) is 5.75 Å². The van der Waals surface area contributed by atoms with Crippen molar-refractivity contribution in [1.29, 1.82) is 0 Å². The summed E-state index contributed by atoms with van der Waals surface area (Å²) in [6, 6.07) is 13.1.